The summed E-state index contributed by atoms with van der Waals surface area (Å²) in [6, 6.07) is 7.98. The Morgan fingerprint density at radius 1 is 1.50 bits per heavy atom. The van der Waals surface area contributed by atoms with Gasteiger partial charge in [0.1, 0.15) is 12.2 Å². The Labute approximate surface area is 108 Å². The molecule has 0 aliphatic carbocycles. The van der Waals surface area contributed by atoms with Crippen LogP contribution in [0.5, 0.6) is 0 Å². The van der Waals surface area contributed by atoms with Crippen LogP contribution in [0.4, 0.5) is 5.69 Å². The Balaban J connectivity index is 1.97. The van der Waals surface area contributed by atoms with Gasteiger partial charge in [-0.2, -0.15) is 5.26 Å². The minimum Gasteiger partial charge on any atom is -0.381 e. The molecule has 96 valence electrons. The summed E-state index contributed by atoms with van der Waals surface area (Å²) in [4.78, 5) is 0. The molecular formula is C14H18N2O2. The Kier molecular flexibility index (Phi) is 3.55. The van der Waals surface area contributed by atoms with Gasteiger partial charge < -0.3 is 14.8 Å². The van der Waals surface area contributed by atoms with Crippen LogP contribution in [0.1, 0.15) is 25.0 Å². The fourth-order valence-corrected chi connectivity index (χ4v) is 1.99. The zero-order valence-electron chi connectivity index (χ0n) is 11.0. The lowest BCUT2D eigenvalue weighted by Crippen LogP contribution is -2.26. The maximum Gasteiger partial charge on any atom is 0.163 e. The number of nitrogens with zero attached hydrogens (tertiary/aromatic N) is 1. The van der Waals surface area contributed by atoms with Gasteiger partial charge in [-0.05, 0) is 38.5 Å². The monoisotopic (exact) mass is 246 g/mol. The molecule has 0 saturated carbocycles. The number of benzene rings is 1. The van der Waals surface area contributed by atoms with Gasteiger partial charge in [0.15, 0.2) is 5.79 Å². The van der Waals surface area contributed by atoms with Gasteiger partial charge in [0.2, 0.25) is 0 Å². The summed E-state index contributed by atoms with van der Waals surface area (Å²) in [6.45, 7) is 7.00. The molecule has 1 unspecified atom stereocenters. The van der Waals surface area contributed by atoms with Crippen molar-refractivity contribution in [1.82, 2.24) is 0 Å². The van der Waals surface area contributed by atoms with Gasteiger partial charge >= 0.3 is 0 Å². The van der Waals surface area contributed by atoms with E-state index in [1.807, 2.05) is 39.0 Å². The molecule has 4 heteroatoms. The molecule has 1 atom stereocenters. The van der Waals surface area contributed by atoms with Gasteiger partial charge in [0, 0.05) is 6.54 Å². The number of nitrogens with one attached hydrogen (secondary N) is 1. The van der Waals surface area contributed by atoms with Crippen LogP contribution in [0.15, 0.2) is 18.2 Å². The van der Waals surface area contributed by atoms with Gasteiger partial charge in [-0.25, -0.2) is 0 Å². The average molecular weight is 246 g/mol. The van der Waals surface area contributed by atoms with Crippen LogP contribution < -0.4 is 5.32 Å². The van der Waals surface area contributed by atoms with Crippen molar-refractivity contribution < 1.29 is 9.47 Å². The summed E-state index contributed by atoms with van der Waals surface area (Å²) < 4.78 is 11.2. The molecule has 1 saturated heterocycles. The Morgan fingerprint density at radius 3 is 2.89 bits per heavy atom. The van der Waals surface area contributed by atoms with E-state index >= 15 is 0 Å². The first-order valence-electron chi connectivity index (χ1n) is 6.06. The minimum absolute atomic E-state index is 0.0212. The van der Waals surface area contributed by atoms with Crippen molar-refractivity contribution in [2.75, 3.05) is 18.5 Å². The number of ether oxygens (including phenoxy) is 2. The largest absolute Gasteiger partial charge is 0.381 e. The summed E-state index contributed by atoms with van der Waals surface area (Å²) >= 11 is 0. The fourth-order valence-electron chi connectivity index (χ4n) is 1.99. The molecule has 0 spiro atoms. The molecule has 1 aromatic rings. The predicted molar refractivity (Wildman–Crippen MR) is 69.3 cm³/mol. The van der Waals surface area contributed by atoms with Crippen LogP contribution in [-0.4, -0.2) is 25.0 Å². The van der Waals surface area contributed by atoms with Crippen LogP contribution in [0.3, 0.4) is 0 Å². The first kappa shape index (κ1) is 12.9. The van der Waals surface area contributed by atoms with Gasteiger partial charge in [-0.15, -0.1) is 0 Å². The summed E-state index contributed by atoms with van der Waals surface area (Å²) in [7, 11) is 0. The van der Waals surface area contributed by atoms with E-state index in [0.717, 1.165) is 11.3 Å². The first-order valence-corrected chi connectivity index (χ1v) is 6.06. The Hall–Kier alpha value is -1.57. The van der Waals surface area contributed by atoms with Gasteiger partial charge in [-0.3, -0.25) is 0 Å². The predicted octanol–water partition coefficient (Wildman–Crippen LogP) is 2.43. The summed E-state index contributed by atoms with van der Waals surface area (Å²) in [5.74, 6) is -0.502. The highest BCUT2D eigenvalue weighted by Crippen LogP contribution is 2.23. The van der Waals surface area contributed by atoms with E-state index in [2.05, 4.69) is 11.4 Å². The molecular weight excluding hydrogens is 228 g/mol. The van der Waals surface area contributed by atoms with E-state index in [4.69, 9.17) is 14.7 Å². The normalized spacial score (nSPS) is 21.6. The molecule has 1 aliphatic rings. The quantitative estimate of drug-likeness (QED) is 0.890. The third kappa shape index (κ3) is 3.00. The highest BCUT2D eigenvalue weighted by molar-refractivity contribution is 5.58. The third-order valence-corrected chi connectivity index (χ3v) is 2.88. The second-order valence-corrected chi connectivity index (χ2v) is 4.99. The van der Waals surface area contributed by atoms with E-state index in [9.17, 15) is 0 Å². The summed E-state index contributed by atoms with van der Waals surface area (Å²) in [6.07, 6.45) is 0.0212. The number of hydrogen-bond acceptors (Lipinski definition) is 4. The Bertz CT molecular complexity index is 477. The van der Waals surface area contributed by atoms with E-state index < -0.39 is 5.79 Å². The van der Waals surface area contributed by atoms with E-state index in [1.165, 1.54) is 0 Å². The van der Waals surface area contributed by atoms with Crippen LogP contribution in [0.25, 0.3) is 0 Å². The second kappa shape index (κ2) is 4.97. The maximum absolute atomic E-state index is 9.07. The van der Waals surface area contributed by atoms with Crippen molar-refractivity contribution in [1.29, 1.82) is 5.26 Å². The second-order valence-electron chi connectivity index (χ2n) is 4.99. The maximum atomic E-state index is 9.07. The third-order valence-electron chi connectivity index (χ3n) is 2.88. The van der Waals surface area contributed by atoms with Gasteiger partial charge in [-0.1, -0.05) is 6.07 Å². The van der Waals surface area contributed by atoms with E-state index in [-0.39, 0.29) is 6.10 Å². The van der Waals surface area contributed by atoms with Crippen molar-refractivity contribution in [3.8, 4) is 6.07 Å². The molecule has 1 heterocycles. The zero-order valence-corrected chi connectivity index (χ0v) is 11.0. The molecule has 4 nitrogen and oxygen atoms in total. The lowest BCUT2D eigenvalue weighted by atomic mass is 10.1. The molecule has 18 heavy (non-hydrogen) atoms. The molecule has 1 aliphatic heterocycles. The van der Waals surface area contributed by atoms with Crippen molar-refractivity contribution >= 4 is 5.69 Å². The number of hydrogen-bond donors (Lipinski definition) is 1. The lowest BCUT2D eigenvalue weighted by Gasteiger charge is -2.17. The van der Waals surface area contributed by atoms with Crippen LogP contribution in [-0.2, 0) is 9.47 Å². The smallest absolute Gasteiger partial charge is 0.163 e. The van der Waals surface area contributed by atoms with Crippen LogP contribution >= 0.6 is 0 Å². The van der Waals surface area contributed by atoms with Gasteiger partial charge in [0.05, 0.1) is 17.9 Å². The van der Waals surface area contributed by atoms with E-state index in [1.54, 1.807) is 0 Å². The molecule has 0 aromatic heterocycles. The number of anilines is 1. The van der Waals surface area contributed by atoms with Crippen molar-refractivity contribution in [3.63, 3.8) is 0 Å². The SMILES string of the molecule is Cc1ccc(NCC2COC(C)(C)O2)c(C#N)c1. The van der Waals surface area contributed by atoms with Crippen LogP contribution in [0.2, 0.25) is 0 Å². The lowest BCUT2D eigenvalue weighted by molar-refractivity contribution is -0.136. The zero-order chi connectivity index (χ0) is 13.2. The average Bonchev–Trinajstić information content (AvgIpc) is 2.67. The van der Waals surface area contributed by atoms with Crippen LogP contribution in [0, 0.1) is 18.3 Å². The highest BCUT2D eigenvalue weighted by atomic mass is 16.7. The fraction of sp³-hybridized carbons (Fsp3) is 0.500. The molecule has 0 amide bonds. The standard InChI is InChI=1S/C14H18N2O2/c1-10-4-5-13(11(6-10)7-15)16-8-12-9-17-14(2,3)18-12/h4-6,12,16H,8-9H2,1-3H3. The topological polar surface area (TPSA) is 54.3 Å². The van der Waals surface area contributed by atoms with Crippen molar-refractivity contribution in [2.24, 2.45) is 0 Å². The minimum atomic E-state index is -0.502. The first-order chi connectivity index (χ1) is 8.50. The number of nitriles is 1. The molecule has 1 aromatic carbocycles. The summed E-state index contributed by atoms with van der Waals surface area (Å²) in [5.41, 5.74) is 2.59. The number of aryl methyl sites for hydroxylation is 1. The molecule has 1 fully saturated rings. The summed E-state index contributed by atoms with van der Waals surface area (Å²) in [5, 5.41) is 12.3. The Morgan fingerprint density at radius 2 is 2.28 bits per heavy atom. The molecule has 0 bridgehead atoms. The van der Waals surface area contributed by atoms with Crippen molar-refractivity contribution in [2.45, 2.75) is 32.7 Å². The number of rotatable bonds is 3. The van der Waals surface area contributed by atoms with Gasteiger partial charge in [0.25, 0.3) is 0 Å². The van der Waals surface area contributed by atoms with E-state index in [0.29, 0.717) is 18.7 Å². The van der Waals surface area contributed by atoms with Crippen molar-refractivity contribution in [3.05, 3.63) is 29.3 Å². The highest BCUT2D eigenvalue weighted by Gasteiger charge is 2.32. The molecule has 0 radical (unpaired) electrons. The molecule has 2 rings (SSSR count). The molecule has 1 N–H and O–H groups in total.